The summed E-state index contributed by atoms with van der Waals surface area (Å²) in [6, 6.07) is 18.0. The maximum absolute atomic E-state index is 12.3. The minimum absolute atomic E-state index is 0.00542. The molecule has 0 spiro atoms. The van der Waals surface area contributed by atoms with Gasteiger partial charge in [-0.2, -0.15) is 0 Å². The van der Waals surface area contributed by atoms with Crippen molar-refractivity contribution in [2.45, 2.75) is 19.8 Å². The molecule has 4 aromatic rings. The van der Waals surface area contributed by atoms with Gasteiger partial charge in [0, 0.05) is 29.6 Å². The van der Waals surface area contributed by atoms with Crippen LogP contribution < -0.4 is 0 Å². The number of carboxylic acid groups (broad SMARTS) is 2. The van der Waals surface area contributed by atoms with Crippen LogP contribution in [0.4, 0.5) is 5.69 Å². The molecule has 8 nitrogen and oxygen atoms in total. The second kappa shape index (κ2) is 9.11. The minimum atomic E-state index is -1.18. The van der Waals surface area contributed by atoms with E-state index in [1.165, 1.54) is 24.3 Å². The van der Waals surface area contributed by atoms with Gasteiger partial charge < -0.3 is 10.2 Å². The third-order valence-electron chi connectivity index (χ3n) is 5.72. The van der Waals surface area contributed by atoms with Crippen LogP contribution in [0.5, 0.6) is 0 Å². The lowest BCUT2D eigenvalue weighted by molar-refractivity contribution is -0.384. The molecule has 0 atom stereocenters. The number of nitro benzene ring substituents is 1. The van der Waals surface area contributed by atoms with Gasteiger partial charge in [0.1, 0.15) is 0 Å². The molecule has 1 aromatic heterocycles. The summed E-state index contributed by atoms with van der Waals surface area (Å²) in [5.74, 6) is -2.20. The van der Waals surface area contributed by atoms with Gasteiger partial charge >= 0.3 is 11.9 Å². The summed E-state index contributed by atoms with van der Waals surface area (Å²) in [6.07, 6.45) is 0.754. The lowest BCUT2D eigenvalue weighted by Crippen LogP contribution is -2.10. The second-order valence-corrected chi connectivity index (χ2v) is 7.75. The first-order valence-electron chi connectivity index (χ1n) is 10.5. The number of aryl methyl sites for hydroxylation is 1. The zero-order chi connectivity index (χ0) is 24.4. The standard InChI is InChI=1S/C26H20N2O6/c1-2-22-20(24(26(31)32)21-14-17(28(33)34)11-12-23(21)27-22)13-15-7-9-16(10-8-15)18-5-3-4-6-19(18)25(29)30/h3-12,14H,2,13H2,1H3,(H,29,30)(H,31,32). The highest BCUT2D eigenvalue weighted by Gasteiger charge is 2.22. The fraction of sp³-hybridized carbons (Fsp3) is 0.115. The first-order valence-corrected chi connectivity index (χ1v) is 10.5. The van der Waals surface area contributed by atoms with E-state index in [4.69, 9.17) is 0 Å². The number of hydrogen-bond donors (Lipinski definition) is 2. The van der Waals surface area contributed by atoms with Crippen molar-refractivity contribution in [1.82, 2.24) is 4.98 Å². The summed E-state index contributed by atoms with van der Waals surface area (Å²) in [6.45, 7) is 1.88. The molecule has 0 saturated heterocycles. The Balaban J connectivity index is 1.80. The van der Waals surface area contributed by atoms with Crippen molar-refractivity contribution >= 4 is 28.5 Å². The summed E-state index contributed by atoms with van der Waals surface area (Å²) in [5, 5.41) is 30.9. The van der Waals surface area contributed by atoms with Crippen LogP contribution in [0.3, 0.4) is 0 Å². The molecule has 0 saturated carbocycles. The fourth-order valence-corrected chi connectivity index (χ4v) is 4.11. The second-order valence-electron chi connectivity index (χ2n) is 7.75. The topological polar surface area (TPSA) is 131 Å². The van der Waals surface area contributed by atoms with Crippen LogP contribution in [-0.2, 0) is 12.8 Å². The number of fused-ring (bicyclic) bond motifs is 1. The lowest BCUT2D eigenvalue weighted by atomic mass is 9.92. The first-order chi connectivity index (χ1) is 16.3. The van der Waals surface area contributed by atoms with Crippen molar-refractivity contribution in [2.75, 3.05) is 0 Å². The number of rotatable bonds is 7. The van der Waals surface area contributed by atoms with Gasteiger partial charge in [0.25, 0.3) is 5.69 Å². The molecular weight excluding hydrogens is 436 g/mol. The lowest BCUT2D eigenvalue weighted by Gasteiger charge is -2.15. The number of hydrogen-bond acceptors (Lipinski definition) is 5. The Hall–Kier alpha value is -4.59. The number of carbonyl (C=O) groups is 2. The van der Waals surface area contributed by atoms with Crippen molar-refractivity contribution < 1.29 is 24.7 Å². The highest BCUT2D eigenvalue weighted by Crippen LogP contribution is 2.30. The van der Waals surface area contributed by atoms with Crippen molar-refractivity contribution in [1.29, 1.82) is 0 Å². The van der Waals surface area contributed by atoms with Crippen LogP contribution in [0.25, 0.3) is 22.0 Å². The van der Waals surface area contributed by atoms with Gasteiger partial charge in [-0.1, -0.05) is 49.4 Å². The predicted molar refractivity (Wildman–Crippen MR) is 126 cm³/mol. The zero-order valence-electron chi connectivity index (χ0n) is 18.2. The monoisotopic (exact) mass is 456 g/mol. The molecule has 4 rings (SSSR count). The number of pyridine rings is 1. The number of benzene rings is 3. The Morgan fingerprint density at radius 2 is 1.68 bits per heavy atom. The Labute approximate surface area is 194 Å². The smallest absolute Gasteiger partial charge is 0.336 e. The molecule has 170 valence electrons. The van der Waals surface area contributed by atoms with Crippen LogP contribution in [0.2, 0.25) is 0 Å². The Morgan fingerprint density at radius 3 is 2.29 bits per heavy atom. The average Bonchev–Trinajstić information content (AvgIpc) is 2.83. The molecule has 1 heterocycles. The van der Waals surface area contributed by atoms with Gasteiger partial charge in [0.05, 0.1) is 21.6 Å². The maximum atomic E-state index is 12.3. The van der Waals surface area contributed by atoms with Gasteiger partial charge in [-0.05, 0) is 40.8 Å². The molecule has 0 fully saturated rings. The molecule has 8 heteroatoms. The van der Waals surface area contributed by atoms with E-state index < -0.39 is 16.9 Å². The summed E-state index contributed by atoms with van der Waals surface area (Å²) in [4.78, 5) is 39.1. The van der Waals surface area contributed by atoms with Gasteiger partial charge in [-0.15, -0.1) is 0 Å². The first kappa shape index (κ1) is 22.6. The average molecular weight is 456 g/mol. The van der Waals surface area contributed by atoms with Gasteiger partial charge in [0.2, 0.25) is 0 Å². The summed E-state index contributed by atoms with van der Waals surface area (Å²) < 4.78 is 0. The molecule has 3 aromatic carbocycles. The predicted octanol–water partition coefficient (Wildman–Crippen LogP) is 5.36. The van der Waals surface area contributed by atoms with Gasteiger partial charge in [-0.25, -0.2) is 9.59 Å². The third kappa shape index (κ3) is 4.21. The van der Waals surface area contributed by atoms with Crippen molar-refractivity contribution in [3.05, 3.63) is 105 Å². The molecule has 0 bridgehead atoms. The van der Waals surface area contributed by atoms with Crippen molar-refractivity contribution in [2.24, 2.45) is 0 Å². The molecule has 2 N–H and O–H groups in total. The largest absolute Gasteiger partial charge is 0.478 e. The molecule has 0 radical (unpaired) electrons. The zero-order valence-corrected chi connectivity index (χ0v) is 18.2. The number of aromatic carboxylic acids is 2. The SMILES string of the molecule is CCc1nc2ccc([N+](=O)[O-])cc2c(C(=O)O)c1Cc1ccc(-c2ccccc2C(=O)O)cc1. The number of aromatic nitrogens is 1. The normalized spacial score (nSPS) is 10.9. The van der Waals surface area contributed by atoms with Crippen LogP contribution in [-0.4, -0.2) is 32.1 Å². The maximum Gasteiger partial charge on any atom is 0.336 e. The fourth-order valence-electron chi connectivity index (χ4n) is 4.11. The van der Waals surface area contributed by atoms with Crippen molar-refractivity contribution in [3.8, 4) is 11.1 Å². The van der Waals surface area contributed by atoms with Gasteiger partial charge in [0.15, 0.2) is 0 Å². The Kier molecular flexibility index (Phi) is 6.05. The van der Waals surface area contributed by atoms with Crippen LogP contribution in [0.1, 0.15) is 44.5 Å². The van der Waals surface area contributed by atoms with E-state index >= 15 is 0 Å². The van der Waals surface area contributed by atoms with E-state index in [1.54, 1.807) is 30.3 Å². The quantitative estimate of drug-likeness (QED) is 0.283. The van der Waals surface area contributed by atoms with Crippen LogP contribution >= 0.6 is 0 Å². The number of non-ortho nitro benzene ring substituents is 1. The molecule has 0 aliphatic carbocycles. The highest BCUT2D eigenvalue weighted by molar-refractivity contribution is 6.05. The summed E-state index contributed by atoms with van der Waals surface area (Å²) in [7, 11) is 0. The van der Waals surface area contributed by atoms with Crippen LogP contribution in [0, 0.1) is 10.1 Å². The van der Waals surface area contributed by atoms with Gasteiger partial charge in [-0.3, -0.25) is 15.1 Å². The van der Waals surface area contributed by atoms with E-state index in [0.29, 0.717) is 28.8 Å². The Bertz CT molecular complexity index is 1440. The number of nitro groups is 1. The van der Waals surface area contributed by atoms with E-state index in [9.17, 15) is 29.9 Å². The third-order valence-corrected chi connectivity index (χ3v) is 5.72. The molecule has 34 heavy (non-hydrogen) atoms. The molecule has 0 aliphatic rings. The van der Waals surface area contributed by atoms with Crippen molar-refractivity contribution in [3.63, 3.8) is 0 Å². The minimum Gasteiger partial charge on any atom is -0.478 e. The number of nitrogens with zero attached hydrogens (tertiary/aromatic N) is 2. The van der Waals surface area contributed by atoms with E-state index in [0.717, 1.165) is 11.1 Å². The molecule has 0 aliphatic heterocycles. The van der Waals surface area contributed by atoms with E-state index in [2.05, 4.69) is 4.98 Å². The molecule has 0 unspecified atom stereocenters. The highest BCUT2D eigenvalue weighted by atomic mass is 16.6. The number of carboxylic acids is 2. The van der Waals surface area contributed by atoms with E-state index in [1.807, 2.05) is 19.1 Å². The van der Waals surface area contributed by atoms with E-state index in [-0.39, 0.29) is 28.6 Å². The molecular formula is C26H20N2O6. The molecule has 0 amide bonds. The Morgan fingerprint density at radius 1 is 0.971 bits per heavy atom. The van der Waals surface area contributed by atoms with Crippen LogP contribution in [0.15, 0.2) is 66.7 Å². The summed E-state index contributed by atoms with van der Waals surface area (Å²) >= 11 is 0. The summed E-state index contributed by atoms with van der Waals surface area (Å²) in [5.41, 5.74) is 3.62.